The summed E-state index contributed by atoms with van der Waals surface area (Å²) in [6, 6.07) is 8.22. The van der Waals surface area contributed by atoms with Crippen LogP contribution in [0.4, 0.5) is 0 Å². The Morgan fingerprint density at radius 1 is 1.38 bits per heavy atom. The molecule has 1 heterocycles. The second kappa shape index (κ2) is 4.15. The van der Waals surface area contributed by atoms with E-state index in [9.17, 15) is 5.11 Å². The maximum Gasteiger partial charge on any atom is 0.0939 e. The Balaban J connectivity index is 1.69. The van der Waals surface area contributed by atoms with Crippen molar-refractivity contribution in [1.82, 2.24) is 4.98 Å². The molecule has 2 aromatic rings. The van der Waals surface area contributed by atoms with Gasteiger partial charge in [0.2, 0.25) is 0 Å². The van der Waals surface area contributed by atoms with E-state index in [1.165, 1.54) is 17.5 Å². The van der Waals surface area contributed by atoms with Crippen LogP contribution in [-0.2, 0) is 6.42 Å². The second-order valence-electron chi connectivity index (χ2n) is 4.52. The number of thiazole rings is 1. The quantitative estimate of drug-likeness (QED) is 0.880. The minimum atomic E-state index is -0.105. The van der Waals surface area contributed by atoms with Crippen molar-refractivity contribution in [3.8, 4) is 0 Å². The minimum absolute atomic E-state index is 0.105. The third-order valence-corrected chi connectivity index (χ3v) is 4.25. The summed E-state index contributed by atoms with van der Waals surface area (Å²) >= 11 is 1.75. The molecule has 0 spiro atoms. The number of aryl methyl sites for hydroxylation is 1. The van der Waals surface area contributed by atoms with Crippen molar-refractivity contribution in [3.05, 3.63) is 29.3 Å². The summed E-state index contributed by atoms with van der Waals surface area (Å²) in [4.78, 5) is 4.57. The van der Waals surface area contributed by atoms with Crippen LogP contribution in [0.25, 0.3) is 10.2 Å². The fourth-order valence-electron chi connectivity index (χ4n) is 2.01. The van der Waals surface area contributed by atoms with E-state index in [1.54, 1.807) is 11.3 Å². The van der Waals surface area contributed by atoms with E-state index >= 15 is 0 Å². The van der Waals surface area contributed by atoms with Gasteiger partial charge in [0.15, 0.2) is 0 Å². The molecule has 1 aliphatic rings. The Labute approximate surface area is 99.0 Å². The molecular formula is C13H15NOS. The number of nitrogens with zero attached hydrogens (tertiary/aromatic N) is 1. The molecule has 16 heavy (non-hydrogen) atoms. The predicted octanol–water partition coefficient (Wildman–Crippen LogP) is 3.00. The van der Waals surface area contributed by atoms with Gasteiger partial charge in [0, 0.05) is 6.42 Å². The van der Waals surface area contributed by atoms with Crippen LogP contribution in [0, 0.1) is 5.92 Å². The lowest BCUT2D eigenvalue weighted by molar-refractivity contribution is 0.142. The predicted molar refractivity (Wildman–Crippen MR) is 66.7 cm³/mol. The van der Waals surface area contributed by atoms with Gasteiger partial charge in [-0.05, 0) is 37.3 Å². The average Bonchev–Trinajstić information content (AvgIpc) is 3.06. The molecule has 84 valence electrons. The maximum atomic E-state index is 9.80. The minimum Gasteiger partial charge on any atom is -0.393 e. The largest absolute Gasteiger partial charge is 0.393 e. The lowest BCUT2D eigenvalue weighted by Gasteiger charge is -2.06. The number of benzene rings is 1. The third-order valence-electron chi connectivity index (χ3n) is 3.16. The van der Waals surface area contributed by atoms with Gasteiger partial charge in [0.1, 0.15) is 0 Å². The molecule has 3 heteroatoms. The number of para-hydroxylation sites is 1. The fourth-order valence-corrected chi connectivity index (χ4v) is 3.00. The Bertz CT molecular complexity index is 456. The number of fused-ring (bicyclic) bond motifs is 1. The lowest BCUT2D eigenvalue weighted by Crippen LogP contribution is -2.09. The first-order chi connectivity index (χ1) is 7.83. The van der Waals surface area contributed by atoms with Crippen molar-refractivity contribution in [2.24, 2.45) is 5.92 Å². The summed E-state index contributed by atoms with van der Waals surface area (Å²) < 4.78 is 1.25. The topological polar surface area (TPSA) is 33.1 Å². The monoisotopic (exact) mass is 233 g/mol. The molecule has 0 saturated heterocycles. The molecule has 1 unspecified atom stereocenters. The molecule has 1 fully saturated rings. The zero-order chi connectivity index (χ0) is 11.0. The van der Waals surface area contributed by atoms with Gasteiger partial charge < -0.3 is 5.11 Å². The highest BCUT2D eigenvalue weighted by molar-refractivity contribution is 7.18. The molecule has 1 aliphatic carbocycles. The highest BCUT2D eigenvalue weighted by atomic mass is 32.1. The van der Waals surface area contributed by atoms with Crippen molar-refractivity contribution in [3.63, 3.8) is 0 Å². The van der Waals surface area contributed by atoms with E-state index in [1.807, 2.05) is 18.2 Å². The first-order valence-electron chi connectivity index (χ1n) is 5.85. The molecule has 1 N–H and O–H groups in total. The van der Waals surface area contributed by atoms with Crippen LogP contribution < -0.4 is 0 Å². The number of hydrogen-bond acceptors (Lipinski definition) is 3. The summed E-state index contributed by atoms with van der Waals surface area (Å²) in [5.74, 6) is 0.578. The lowest BCUT2D eigenvalue weighted by atomic mass is 10.1. The van der Waals surface area contributed by atoms with Crippen LogP contribution >= 0.6 is 11.3 Å². The molecule has 0 bridgehead atoms. The maximum absolute atomic E-state index is 9.80. The molecule has 0 amide bonds. The van der Waals surface area contributed by atoms with E-state index in [0.29, 0.717) is 5.92 Å². The molecule has 1 aromatic heterocycles. The highest BCUT2D eigenvalue weighted by Gasteiger charge is 2.29. The van der Waals surface area contributed by atoms with Gasteiger partial charge >= 0.3 is 0 Å². The van der Waals surface area contributed by atoms with Crippen LogP contribution in [0.5, 0.6) is 0 Å². The molecule has 1 saturated carbocycles. The summed E-state index contributed by atoms with van der Waals surface area (Å²) in [7, 11) is 0. The van der Waals surface area contributed by atoms with Gasteiger partial charge in [0.05, 0.1) is 21.3 Å². The number of rotatable bonds is 4. The highest BCUT2D eigenvalue weighted by Crippen LogP contribution is 2.34. The van der Waals surface area contributed by atoms with Crippen molar-refractivity contribution in [2.75, 3.05) is 0 Å². The number of aliphatic hydroxyl groups is 1. The first kappa shape index (κ1) is 10.2. The molecule has 0 aliphatic heterocycles. The number of hydrogen-bond donors (Lipinski definition) is 1. The molecular weight excluding hydrogens is 218 g/mol. The zero-order valence-corrected chi connectivity index (χ0v) is 9.91. The van der Waals surface area contributed by atoms with E-state index in [2.05, 4.69) is 11.1 Å². The Morgan fingerprint density at radius 2 is 2.19 bits per heavy atom. The number of aromatic nitrogens is 1. The van der Waals surface area contributed by atoms with Crippen LogP contribution in [0.2, 0.25) is 0 Å². The first-order valence-corrected chi connectivity index (χ1v) is 6.67. The van der Waals surface area contributed by atoms with Crippen LogP contribution in [0.15, 0.2) is 24.3 Å². The molecule has 0 radical (unpaired) electrons. The van der Waals surface area contributed by atoms with Gasteiger partial charge in [-0.3, -0.25) is 0 Å². The van der Waals surface area contributed by atoms with E-state index in [0.717, 1.165) is 23.4 Å². The van der Waals surface area contributed by atoms with E-state index in [-0.39, 0.29) is 6.10 Å². The Hall–Kier alpha value is -0.930. The van der Waals surface area contributed by atoms with Gasteiger partial charge in [-0.15, -0.1) is 11.3 Å². The third kappa shape index (κ3) is 2.11. The van der Waals surface area contributed by atoms with Gasteiger partial charge in [0.25, 0.3) is 0 Å². The normalized spacial score (nSPS) is 17.8. The summed E-state index contributed by atoms with van der Waals surface area (Å²) in [6.45, 7) is 0. The van der Waals surface area contributed by atoms with Crippen LogP contribution in [0.1, 0.15) is 24.3 Å². The van der Waals surface area contributed by atoms with Crippen molar-refractivity contribution < 1.29 is 5.11 Å². The summed E-state index contributed by atoms with van der Waals surface area (Å²) in [5, 5.41) is 11.0. The second-order valence-corrected chi connectivity index (χ2v) is 5.63. The van der Waals surface area contributed by atoms with Crippen molar-refractivity contribution >= 4 is 21.6 Å². The fraction of sp³-hybridized carbons (Fsp3) is 0.462. The number of aliphatic hydroxyl groups excluding tert-OH is 1. The molecule has 1 aromatic carbocycles. The smallest absolute Gasteiger partial charge is 0.0939 e. The van der Waals surface area contributed by atoms with Crippen LogP contribution in [0.3, 0.4) is 0 Å². The molecule has 1 atom stereocenters. The Kier molecular flexibility index (Phi) is 2.65. The Morgan fingerprint density at radius 3 is 2.94 bits per heavy atom. The molecule has 3 rings (SSSR count). The van der Waals surface area contributed by atoms with Crippen LogP contribution in [-0.4, -0.2) is 16.2 Å². The SMILES string of the molecule is OC(CCc1nc2ccccc2s1)C1CC1. The zero-order valence-electron chi connectivity index (χ0n) is 9.10. The van der Waals surface area contributed by atoms with Crippen molar-refractivity contribution in [1.29, 1.82) is 0 Å². The van der Waals surface area contributed by atoms with E-state index in [4.69, 9.17) is 0 Å². The summed E-state index contributed by atoms with van der Waals surface area (Å²) in [5.41, 5.74) is 1.09. The van der Waals surface area contributed by atoms with Gasteiger partial charge in [-0.2, -0.15) is 0 Å². The van der Waals surface area contributed by atoms with Gasteiger partial charge in [-0.25, -0.2) is 4.98 Å². The van der Waals surface area contributed by atoms with E-state index < -0.39 is 0 Å². The standard InChI is InChI=1S/C13H15NOS/c15-11(9-5-6-9)7-8-13-14-10-3-1-2-4-12(10)16-13/h1-4,9,11,15H,5-8H2. The summed E-state index contributed by atoms with van der Waals surface area (Å²) in [6.07, 6.45) is 4.09. The molecule has 2 nitrogen and oxygen atoms in total. The van der Waals surface area contributed by atoms with Crippen molar-refractivity contribution in [2.45, 2.75) is 31.8 Å². The van der Waals surface area contributed by atoms with Gasteiger partial charge in [-0.1, -0.05) is 12.1 Å². The average molecular weight is 233 g/mol.